The third kappa shape index (κ3) is 3.04. The van der Waals surface area contributed by atoms with Crippen LogP contribution in [0.3, 0.4) is 0 Å². The molecule has 1 unspecified atom stereocenters. The summed E-state index contributed by atoms with van der Waals surface area (Å²) in [5, 5.41) is 11.4. The van der Waals surface area contributed by atoms with Crippen LogP contribution in [0.4, 0.5) is 11.4 Å². The number of hydrogen-bond donors (Lipinski definition) is 0. The van der Waals surface area contributed by atoms with Crippen molar-refractivity contribution in [2.75, 3.05) is 18.0 Å². The molecule has 102 valence electrons. The van der Waals surface area contributed by atoms with E-state index in [0.29, 0.717) is 17.3 Å². The fraction of sp³-hybridized carbons (Fsp3) is 0.462. The Kier molecular flexibility index (Phi) is 4.04. The quantitative estimate of drug-likeness (QED) is 0.631. The SMILES string of the molecule is CC(=O)C1CCCN(c2ccc(Cl)cc2[N+](=O)[O-])C1. The van der Waals surface area contributed by atoms with E-state index in [1.165, 1.54) is 6.07 Å². The molecule has 0 radical (unpaired) electrons. The van der Waals surface area contributed by atoms with Crippen molar-refractivity contribution in [2.45, 2.75) is 19.8 Å². The molecule has 1 aromatic carbocycles. The molecule has 0 amide bonds. The van der Waals surface area contributed by atoms with Crippen LogP contribution in [0.2, 0.25) is 5.02 Å². The molecule has 0 aromatic heterocycles. The predicted octanol–water partition coefficient (Wildman–Crippen LogP) is 3.05. The van der Waals surface area contributed by atoms with Crippen molar-refractivity contribution in [1.29, 1.82) is 0 Å². The minimum absolute atomic E-state index is 0.00305. The van der Waals surface area contributed by atoms with Gasteiger partial charge in [0.25, 0.3) is 5.69 Å². The lowest BCUT2D eigenvalue weighted by atomic mass is 9.94. The van der Waals surface area contributed by atoms with Crippen LogP contribution in [-0.4, -0.2) is 23.8 Å². The van der Waals surface area contributed by atoms with Crippen LogP contribution < -0.4 is 4.90 Å². The minimum atomic E-state index is -0.432. The number of nitro groups is 1. The van der Waals surface area contributed by atoms with E-state index in [4.69, 9.17) is 11.6 Å². The van der Waals surface area contributed by atoms with Crippen LogP contribution in [0.15, 0.2) is 18.2 Å². The second kappa shape index (κ2) is 5.57. The van der Waals surface area contributed by atoms with Gasteiger partial charge in [-0.25, -0.2) is 0 Å². The first kappa shape index (κ1) is 13.8. The Bertz CT molecular complexity index is 519. The van der Waals surface area contributed by atoms with E-state index in [0.717, 1.165) is 19.4 Å². The van der Waals surface area contributed by atoms with Gasteiger partial charge in [-0.05, 0) is 31.9 Å². The molecule has 0 N–H and O–H groups in total. The largest absolute Gasteiger partial charge is 0.365 e. The number of benzene rings is 1. The first-order chi connectivity index (χ1) is 8.99. The lowest BCUT2D eigenvalue weighted by Gasteiger charge is -2.32. The highest BCUT2D eigenvalue weighted by molar-refractivity contribution is 6.30. The zero-order valence-electron chi connectivity index (χ0n) is 10.6. The van der Waals surface area contributed by atoms with E-state index in [1.807, 2.05) is 4.90 Å². The number of carbonyl (C=O) groups is 1. The molecule has 0 bridgehead atoms. The van der Waals surface area contributed by atoms with Crippen molar-refractivity contribution in [2.24, 2.45) is 5.92 Å². The first-order valence-electron chi connectivity index (χ1n) is 6.18. The van der Waals surface area contributed by atoms with Crippen LogP contribution in [0.5, 0.6) is 0 Å². The number of nitro benzene ring substituents is 1. The lowest BCUT2D eigenvalue weighted by Crippen LogP contribution is -2.38. The third-order valence-electron chi connectivity index (χ3n) is 3.47. The van der Waals surface area contributed by atoms with Gasteiger partial charge in [-0.15, -0.1) is 0 Å². The van der Waals surface area contributed by atoms with Crippen molar-refractivity contribution in [3.63, 3.8) is 0 Å². The molecule has 1 saturated heterocycles. The maximum absolute atomic E-state index is 11.5. The summed E-state index contributed by atoms with van der Waals surface area (Å²) < 4.78 is 0. The second-order valence-electron chi connectivity index (χ2n) is 4.79. The Morgan fingerprint density at radius 3 is 2.89 bits per heavy atom. The molecular formula is C13H15ClN2O3. The minimum Gasteiger partial charge on any atom is -0.365 e. The van der Waals surface area contributed by atoms with E-state index in [2.05, 4.69) is 0 Å². The van der Waals surface area contributed by atoms with Gasteiger partial charge in [-0.2, -0.15) is 0 Å². The highest BCUT2D eigenvalue weighted by atomic mass is 35.5. The molecule has 0 spiro atoms. The van der Waals surface area contributed by atoms with E-state index in [1.54, 1.807) is 19.1 Å². The van der Waals surface area contributed by atoms with E-state index in [9.17, 15) is 14.9 Å². The number of piperidine rings is 1. The molecular weight excluding hydrogens is 268 g/mol. The summed E-state index contributed by atoms with van der Waals surface area (Å²) >= 11 is 5.80. The molecule has 0 aliphatic carbocycles. The Balaban J connectivity index is 2.30. The number of halogens is 1. The highest BCUT2D eigenvalue weighted by Crippen LogP contribution is 2.33. The zero-order chi connectivity index (χ0) is 14.0. The molecule has 0 saturated carbocycles. The zero-order valence-corrected chi connectivity index (χ0v) is 11.4. The molecule has 1 aliphatic heterocycles. The Hall–Kier alpha value is -1.62. The molecule has 1 aliphatic rings. The number of anilines is 1. The number of nitrogens with zero attached hydrogens (tertiary/aromatic N) is 2. The van der Waals surface area contributed by atoms with Crippen molar-refractivity contribution < 1.29 is 9.72 Å². The Morgan fingerprint density at radius 2 is 2.26 bits per heavy atom. The van der Waals surface area contributed by atoms with Gasteiger partial charge < -0.3 is 4.90 Å². The number of Topliss-reactive ketones (excluding diaryl/α,β-unsaturated/α-hetero) is 1. The van der Waals surface area contributed by atoms with Gasteiger partial charge >= 0.3 is 0 Å². The Labute approximate surface area is 116 Å². The van der Waals surface area contributed by atoms with Gasteiger partial charge in [0.2, 0.25) is 0 Å². The molecule has 5 nitrogen and oxygen atoms in total. The number of carbonyl (C=O) groups excluding carboxylic acids is 1. The van der Waals surface area contributed by atoms with Gasteiger partial charge in [0.1, 0.15) is 11.5 Å². The highest BCUT2D eigenvalue weighted by Gasteiger charge is 2.27. The van der Waals surface area contributed by atoms with Crippen molar-refractivity contribution in [1.82, 2.24) is 0 Å². The van der Waals surface area contributed by atoms with Gasteiger partial charge in [0, 0.05) is 30.1 Å². The summed E-state index contributed by atoms with van der Waals surface area (Å²) in [4.78, 5) is 24.0. The normalized spacial score (nSPS) is 19.3. The smallest absolute Gasteiger partial charge is 0.294 e. The lowest BCUT2D eigenvalue weighted by molar-refractivity contribution is -0.384. The van der Waals surface area contributed by atoms with E-state index < -0.39 is 4.92 Å². The third-order valence-corrected chi connectivity index (χ3v) is 3.71. The fourth-order valence-electron chi connectivity index (χ4n) is 2.44. The average Bonchev–Trinajstić information content (AvgIpc) is 2.38. The maximum Gasteiger partial charge on any atom is 0.294 e. The number of hydrogen-bond acceptors (Lipinski definition) is 4. The summed E-state index contributed by atoms with van der Waals surface area (Å²) in [6.07, 6.45) is 1.72. The molecule has 1 heterocycles. The van der Waals surface area contributed by atoms with Crippen molar-refractivity contribution in [3.8, 4) is 0 Å². The summed E-state index contributed by atoms with van der Waals surface area (Å²) in [5.74, 6) is 0.102. The van der Waals surface area contributed by atoms with Gasteiger partial charge in [0.05, 0.1) is 4.92 Å². The topological polar surface area (TPSA) is 63.5 Å². The molecule has 1 fully saturated rings. The van der Waals surface area contributed by atoms with Crippen LogP contribution in [0, 0.1) is 16.0 Å². The molecule has 19 heavy (non-hydrogen) atoms. The maximum atomic E-state index is 11.5. The fourth-order valence-corrected chi connectivity index (χ4v) is 2.60. The van der Waals surface area contributed by atoms with Gasteiger partial charge in [-0.3, -0.25) is 14.9 Å². The number of ketones is 1. The van der Waals surface area contributed by atoms with E-state index in [-0.39, 0.29) is 17.4 Å². The average molecular weight is 283 g/mol. The molecule has 1 atom stereocenters. The second-order valence-corrected chi connectivity index (χ2v) is 5.22. The van der Waals surface area contributed by atoms with Gasteiger partial charge in [0.15, 0.2) is 0 Å². The van der Waals surface area contributed by atoms with Crippen molar-refractivity contribution in [3.05, 3.63) is 33.3 Å². The van der Waals surface area contributed by atoms with Crippen LogP contribution in [0.1, 0.15) is 19.8 Å². The standard InChI is InChI=1S/C13H15ClN2O3/c1-9(17)10-3-2-6-15(8-10)12-5-4-11(14)7-13(12)16(18)19/h4-5,7,10H,2-3,6,8H2,1H3. The van der Waals surface area contributed by atoms with Crippen molar-refractivity contribution >= 4 is 28.8 Å². The Morgan fingerprint density at radius 1 is 1.53 bits per heavy atom. The van der Waals surface area contributed by atoms with Crippen LogP contribution in [-0.2, 0) is 4.79 Å². The first-order valence-corrected chi connectivity index (χ1v) is 6.56. The number of rotatable bonds is 3. The monoisotopic (exact) mass is 282 g/mol. The predicted molar refractivity (Wildman–Crippen MR) is 73.7 cm³/mol. The summed E-state index contributed by atoms with van der Waals surface area (Å²) in [7, 11) is 0. The molecule has 6 heteroatoms. The summed E-state index contributed by atoms with van der Waals surface area (Å²) in [6, 6.07) is 4.65. The van der Waals surface area contributed by atoms with Crippen LogP contribution in [0.25, 0.3) is 0 Å². The van der Waals surface area contributed by atoms with Gasteiger partial charge in [-0.1, -0.05) is 11.6 Å². The summed E-state index contributed by atoms with van der Waals surface area (Å²) in [6.45, 7) is 2.84. The summed E-state index contributed by atoms with van der Waals surface area (Å²) in [5.41, 5.74) is 0.539. The van der Waals surface area contributed by atoms with Crippen LogP contribution >= 0.6 is 11.6 Å². The molecule has 2 rings (SSSR count). The molecule has 1 aromatic rings. The van der Waals surface area contributed by atoms with E-state index >= 15 is 0 Å².